The molecule has 1 saturated heterocycles. The molecule has 0 spiro atoms. The molecule has 0 aliphatic carbocycles. The van der Waals surface area contributed by atoms with Gasteiger partial charge in [-0.2, -0.15) is 15.1 Å². The lowest BCUT2D eigenvalue weighted by molar-refractivity contribution is 0.575. The van der Waals surface area contributed by atoms with Crippen molar-refractivity contribution in [2.45, 2.75) is 26.2 Å². The monoisotopic (exact) mass is 322 g/mol. The van der Waals surface area contributed by atoms with Crippen LogP contribution >= 0.6 is 0 Å². The minimum atomic E-state index is 0.621. The molecule has 1 aliphatic heterocycles. The first-order chi connectivity index (χ1) is 11.7. The number of benzene rings is 1. The molecule has 1 aliphatic rings. The highest BCUT2D eigenvalue weighted by atomic mass is 15.3. The second-order valence-corrected chi connectivity index (χ2v) is 6.42. The molecule has 0 radical (unpaired) electrons. The minimum absolute atomic E-state index is 0.621. The predicted molar refractivity (Wildman–Crippen MR) is 96.8 cm³/mol. The van der Waals surface area contributed by atoms with E-state index in [-0.39, 0.29) is 0 Å². The summed E-state index contributed by atoms with van der Waals surface area (Å²) < 4.78 is 1.81. The smallest absolute Gasteiger partial charge is 0.231 e. The minimum Gasteiger partial charge on any atom is -0.356 e. The maximum atomic E-state index is 4.81. The first-order valence-electron chi connectivity index (χ1n) is 8.49. The van der Waals surface area contributed by atoms with Crippen LogP contribution in [0, 0.1) is 6.92 Å². The highest BCUT2D eigenvalue weighted by Crippen LogP contribution is 2.28. The number of nitrogens with one attached hydrogen (secondary N) is 1. The Morgan fingerprint density at radius 2 is 1.75 bits per heavy atom. The topological polar surface area (TPSA) is 58.9 Å². The van der Waals surface area contributed by atoms with Gasteiger partial charge in [0.05, 0.1) is 11.6 Å². The number of piperidine rings is 1. The first-order valence-corrected chi connectivity index (χ1v) is 8.49. The predicted octanol–water partition coefficient (Wildman–Crippen LogP) is 3.41. The molecule has 2 aromatic heterocycles. The van der Waals surface area contributed by atoms with E-state index in [0.29, 0.717) is 5.95 Å². The van der Waals surface area contributed by atoms with Crippen molar-refractivity contribution < 1.29 is 0 Å². The molecule has 0 unspecified atom stereocenters. The summed E-state index contributed by atoms with van der Waals surface area (Å²) in [6, 6.07) is 8.26. The lowest BCUT2D eigenvalue weighted by Crippen LogP contribution is -2.30. The van der Waals surface area contributed by atoms with Crippen molar-refractivity contribution in [2.24, 2.45) is 7.05 Å². The van der Waals surface area contributed by atoms with E-state index < -0.39 is 0 Å². The van der Waals surface area contributed by atoms with Gasteiger partial charge in [-0.25, -0.2) is 0 Å². The van der Waals surface area contributed by atoms with Crippen molar-refractivity contribution in [2.75, 3.05) is 23.3 Å². The molecule has 6 nitrogen and oxygen atoms in total. The molecule has 0 amide bonds. The molecular weight excluding hydrogens is 300 g/mol. The Balaban J connectivity index is 1.75. The molecule has 0 saturated carbocycles. The van der Waals surface area contributed by atoms with Crippen molar-refractivity contribution in [3.63, 3.8) is 0 Å². The van der Waals surface area contributed by atoms with Crippen LogP contribution in [0.3, 0.4) is 0 Å². The molecule has 1 aromatic carbocycles. The summed E-state index contributed by atoms with van der Waals surface area (Å²) >= 11 is 0. The number of hydrogen-bond donors (Lipinski definition) is 1. The van der Waals surface area contributed by atoms with Crippen molar-refractivity contribution in [3.05, 3.63) is 36.0 Å². The molecule has 24 heavy (non-hydrogen) atoms. The normalized spacial score (nSPS) is 15.0. The second-order valence-electron chi connectivity index (χ2n) is 6.42. The van der Waals surface area contributed by atoms with E-state index in [1.165, 1.54) is 24.8 Å². The molecule has 6 heteroatoms. The summed E-state index contributed by atoms with van der Waals surface area (Å²) in [5.74, 6) is 1.61. The van der Waals surface area contributed by atoms with Crippen LogP contribution in [0.5, 0.6) is 0 Å². The standard InChI is InChI=1S/C18H22N6/c1-13-6-8-14(9-7-13)20-18-21-16-15(12-19-23(16)2)17(22-18)24-10-4-3-5-11-24/h6-9,12H,3-5,10-11H2,1-2H3,(H,20,21,22). The van der Waals surface area contributed by atoms with Crippen molar-refractivity contribution >= 4 is 28.5 Å². The number of aryl methyl sites for hydroxylation is 2. The van der Waals surface area contributed by atoms with Crippen LogP contribution in [0.25, 0.3) is 11.0 Å². The van der Waals surface area contributed by atoms with Gasteiger partial charge in [-0.05, 0) is 38.3 Å². The van der Waals surface area contributed by atoms with Gasteiger partial charge in [-0.15, -0.1) is 0 Å². The van der Waals surface area contributed by atoms with Crippen molar-refractivity contribution in [1.29, 1.82) is 0 Å². The first kappa shape index (κ1) is 14.9. The molecule has 3 heterocycles. The maximum Gasteiger partial charge on any atom is 0.231 e. The lowest BCUT2D eigenvalue weighted by atomic mass is 10.1. The van der Waals surface area contributed by atoms with Crippen LogP contribution in [-0.4, -0.2) is 32.8 Å². The van der Waals surface area contributed by atoms with Gasteiger partial charge in [0.15, 0.2) is 5.65 Å². The molecule has 4 rings (SSSR count). The lowest BCUT2D eigenvalue weighted by Gasteiger charge is -2.28. The van der Waals surface area contributed by atoms with Crippen molar-refractivity contribution in [3.8, 4) is 0 Å². The number of nitrogens with zero attached hydrogens (tertiary/aromatic N) is 5. The zero-order valence-corrected chi connectivity index (χ0v) is 14.2. The number of fused-ring (bicyclic) bond motifs is 1. The number of anilines is 3. The number of aromatic nitrogens is 4. The van der Waals surface area contributed by atoms with E-state index in [1.54, 1.807) is 0 Å². The Kier molecular flexibility index (Phi) is 3.80. The van der Waals surface area contributed by atoms with Gasteiger partial charge in [0, 0.05) is 25.8 Å². The third-order valence-electron chi connectivity index (χ3n) is 4.54. The van der Waals surface area contributed by atoms with E-state index in [2.05, 4.69) is 39.4 Å². The van der Waals surface area contributed by atoms with Gasteiger partial charge in [0.1, 0.15) is 5.82 Å². The van der Waals surface area contributed by atoms with Crippen LogP contribution in [0.2, 0.25) is 0 Å². The molecule has 1 fully saturated rings. The Morgan fingerprint density at radius 3 is 2.50 bits per heavy atom. The molecule has 3 aromatic rings. The molecule has 124 valence electrons. The quantitative estimate of drug-likeness (QED) is 0.801. The Bertz CT molecular complexity index is 846. The van der Waals surface area contributed by atoms with E-state index in [1.807, 2.05) is 30.1 Å². The zero-order chi connectivity index (χ0) is 16.5. The van der Waals surface area contributed by atoms with E-state index in [0.717, 1.165) is 35.6 Å². The number of hydrogen-bond acceptors (Lipinski definition) is 5. The fourth-order valence-corrected chi connectivity index (χ4v) is 3.18. The average molecular weight is 322 g/mol. The van der Waals surface area contributed by atoms with Gasteiger partial charge in [-0.1, -0.05) is 17.7 Å². The highest BCUT2D eigenvalue weighted by molar-refractivity contribution is 5.88. The van der Waals surface area contributed by atoms with Crippen LogP contribution < -0.4 is 10.2 Å². The Hall–Kier alpha value is -2.63. The highest BCUT2D eigenvalue weighted by Gasteiger charge is 2.19. The fraction of sp³-hybridized carbons (Fsp3) is 0.389. The fourth-order valence-electron chi connectivity index (χ4n) is 3.18. The Labute approximate surface area is 141 Å². The maximum absolute atomic E-state index is 4.81. The number of rotatable bonds is 3. The third-order valence-corrected chi connectivity index (χ3v) is 4.54. The average Bonchev–Trinajstić information content (AvgIpc) is 2.98. The van der Waals surface area contributed by atoms with Gasteiger partial charge in [-0.3, -0.25) is 4.68 Å². The third kappa shape index (κ3) is 2.79. The summed E-state index contributed by atoms with van der Waals surface area (Å²) in [5, 5.41) is 8.72. The Morgan fingerprint density at radius 1 is 1.00 bits per heavy atom. The summed E-state index contributed by atoms with van der Waals surface area (Å²) in [6.45, 7) is 4.17. The molecule has 1 N–H and O–H groups in total. The zero-order valence-electron chi connectivity index (χ0n) is 14.2. The van der Waals surface area contributed by atoms with E-state index in [9.17, 15) is 0 Å². The SMILES string of the molecule is Cc1ccc(Nc2nc(N3CCCCC3)c3cnn(C)c3n2)cc1. The summed E-state index contributed by atoms with van der Waals surface area (Å²) in [6.07, 6.45) is 5.60. The van der Waals surface area contributed by atoms with Crippen molar-refractivity contribution in [1.82, 2.24) is 19.7 Å². The molecule has 0 atom stereocenters. The summed E-state index contributed by atoms with van der Waals surface area (Å²) in [5.41, 5.74) is 3.09. The van der Waals surface area contributed by atoms with E-state index in [4.69, 9.17) is 4.98 Å². The van der Waals surface area contributed by atoms with Gasteiger partial charge >= 0.3 is 0 Å². The van der Waals surface area contributed by atoms with Crippen LogP contribution in [0.15, 0.2) is 30.5 Å². The van der Waals surface area contributed by atoms with Crippen LogP contribution in [0.4, 0.5) is 17.5 Å². The molecular formula is C18H22N6. The summed E-state index contributed by atoms with van der Waals surface area (Å²) in [4.78, 5) is 11.8. The van der Waals surface area contributed by atoms with Gasteiger partial charge < -0.3 is 10.2 Å². The van der Waals surface area contributed by atoms with Crippen LogP contribution in [-0.2, 0) is 7.05 Å². The van der Waals surface area contributed by atoms with Gasteiger partial charge in [0.25, 0.3) is 0 Å². The largest absolute Gasteiger partial charge is 0.356 e. The second kappa shape index (κ2) is 6.11. The molecule has 0 bridgehead atoms. The van der Waals surface area contributed by atoms with Gasteiger partial charge in [0.2, 0.25) is 5.95 Å². The summed E-state index contributed by atoms with van der Waals surface area (Å²) in [7, 11) is 1.92. The van der Waals surface area contributed by atoms with Crippen LogP contribution in [0.1, 0.15) is 24.8 Å². The van der Waals surface area contributed by atoms with E-state index >= 15 is 0 Å².